The number of hydrogen-bond donors (Lipinski definition) is 2. The molecule has 1 aromatic heterocycles. The van der Waals surface area contributed by atoms with Crippen molar-refractivity contribution in [2.24, 2.45) is 0 Å². The number of ether oxygens (including phenoxy) is 1. The van der Waals surface area contributed by atoms with Crippen molar-refractivity contribution in [2.45, 2.75) is 12.0 Å². The maximum atomic E-state index is 9.56. The maximum Gasteiger partial charge on any atom is 0.126 e. The smallest absolute Gasteiger partial charge is 0.126 e. The average molecular weight is 180 g/mol. The Morgan fingerprint density at radius 2 is 2.38 bits per heavy atom. The second-order valence-corrected chi connectivity index (χ2v) is 3.19. The number of aromatic nitrogens is 1. The van der Waals surface area contributed by atoms with Crippen molar-refractivity contribution >= 4 is 5.82 Å². The van der Waals surface area contributed by atoms with E-state index in [2.05, 4.69) is 4.98 Å². The van der Waals surface area contributed by atoms with Crippen molar-refractivity contribution in [1.29, 1.82) is 0 Å². The third-order valence-corrected chi connectivity index (χ3v) is 2.32. The summed E-state index contributed by atoms with van der Waals surface area (Å²) < 4.78 is 5.15. The summed E-state index contributed by atoms with van der Waals surface area (Å²) >= 11 is 0. The molecule has 0 saturated carbocycles. The minimum absolute atomic E-state index is 0.0197. The van der Waals surface area contributed by atoms with Gasteiger partial charge in [0.2, 0.25) is 0 Å². The summed E-state index contributed by atoms with van der Waals surface area (Å²) in [6.45, 7) is 0.913. The van der Waals surface area contributed by atoms with E-state index >= 15 is 0 Å². The zero-order valence-corrected chi connectivity index (χ0v) is 7.18. The summed E-state index contributed by atoms with van der Waals surface area (Å²) in [5.41, 5.74) is 6.57. The zero-order chi connectivity index (χ0) is 9.26. The Morgan fingerprint density at radius 3 is 3.00 bits per heavy atom. The molecular formula is C9H12N2O2. The van der Waals surface area contributed by atoms with Gasteiger partial charge in [0.05, 0.1) is 19.3 Å². The van der Waals surface area contributed by atoms with Gasteiger partial charge in [-0.15, -0.1) is 0 Å². The summed E-state index contributed by atoms with van der Waals surface area (Å²) in [7, 11) is 0. The van der Waals surface area contributed by atoms with Crippen LogP contribution in [0.1, 0.15) is 11.5 Å². The van der Waals surface area contributed by atoms with Crippen LogP contribution in [-0.4, -0.2) is 29.4 Å². The first kappa shape index (κ1) is 8.47. The molecule has 0 unspecified atom stereocenters. The number of rotatable bonds is 1. The molecule has 1 aliphatic heterocycles. The fourth-order valence-corrected chi connectivity index (χ4v) is 1.58. The highest BCUT2D eigenvalue weighted by atomic mass is 16.5. The van der Waals surface area contributed by atoms with Crippen LogP contribution in [-0.2, 0) is 4.74 Å². The van der Waals surface area contributed by atoms with E-state index in [1.807, 2.05) is 12.1 Å². The summed E-state index contributed by atoms with van der Waals surface area (Å²) in [5, 5.41) is 9.56. The fraction of sp³-hybridized carbons (Fsp3) is 0.444. The van der Waals surface area contributed by atoms with Gasteiger partial charge in [-0.3, -0.25) is 0 Å². The van der Waals surface area contributed by atoms with Gasteiger partial charge >= 0.3 is 0 Å². The molecule has 4 nitrogen and oxygen atoms in total. The van der Waals surface area contributed by atoms with E-state index in [4.69, 9.17) is 10.5 Å². The Kier molecular flexibility index (Phi) is 2.16. The lowest BCUT2D eigenvalue weighted by atomic mass is 9.97. The fourth-order valence-electron chi connectivity index (χ4n) is 1.58. The molecule has 1 fully saturated rings. The van der Waals surface area contributed by atoms with E-state index in [1.54, 1.807) is 6.20 Å². The molecule has 1 aromatic rings. The summed E-state index contributed by atoms with van der Waals surface area (Å²) in [6, 6.07) is 3.70. The van der Waals surface area contributed by atoms with Gasteiger partial charge in [0, 0.05) is 17.7 Å². The second-order valence-electron chi connectivity index (χ2n) is 3.19. The molecule has 2 rings (SSSR count). The standard InChI is InChI=1S/C9H12N2O2/c10-9-6(2-1-3-11-9)7-4-13-5-8(7)12/h1-3,7-8,12H,4-5H2,(H2,10,11)/t7-,8+/m0/s1. The predicted octanol–water partition coefficient (Wildman–Crippen LogP) is 0.138. The average Bonchev–Trinajstić information content (AvgIpc) is 2.52. The molecule has 0 aromatic carbocycles. The summed E-state index contributed by atoms with van der Waals surface area (Å²) in [6.07, 6.45) is 1.19. The van der Waals surface area contributed by atoms with E-state index in [0.717, 1.165) is 5.56 Å². The van der Waals surface area contributed by atoms with Crippen molar-refractivity contribution < 1.29 is 9.84 Å². The first-order valence-corrected chi connectivity index (χ1v) is 4.25. The number of hydrogen-bond acceptors (Lipinski definition) is 4. The highest BCUT2D eigenvalue weighted by Crippen LogP contribution is 2.28. The van der Waals surface area contributed by atoms with Crippen molar-refractivity contribution in [1.82, 2.24) is 4.98 Å². The molecule has 2 atom stereocenters. The third-order valence-electron chi connectivity index (χ3n) is 2.32. The first-order chi connectivity index (χ1) is 6.29. The van der Waals surface area contributed by atoms with Gasteiger partial charge < -0.3 is 15.6 Å². The van der Waals surface area contributed by atoms with E-state index in [-0.39, 0.29) is 5.92 Å². The lowest BCUT2D eigenvalue weighted by Crippen LogP contribution is -2.17. The quantitative estimate of drug-likeness (QED) is 0.645. The lowest BCUT2D eigenvalue weighted by molar-refractivity contribution is 0.124. The maximum absolute atomic E-state index is 9.56. The molecule has 0 spiro atoms. The van der Waals surface area contributed by atoms with E-state index in [1.165, 1.54) is 0 Å². The van der Waals surface area contributed by atoms with Crippen LogP contribution in [0.4, 0.5) is 5.82 Å². The first-order valence-electron chi connectivity index (χ1n) is 4.25. The van der Waals surface area contributed by atoms with Crippen LogP contribution < -0.4 is 5.73 Å². The zero-order valence-electron chi connectivity index (χ0n) is 7.18. The van der Waals surface area contributed by atoms with Crippen molar-refractivity contribution in [3.63, 3.8) is 0 Å². The minimum atomic E-state index is -0.452. The van der Waals surface area contributed by atoms with Crippen LogP contribution in [0.15, 0.2) is 18.3 Å². The molecule has 3 N–H and O–H groups in total. The monoisotopic (exact) mass is 180 g/mol. The number of nitrogens with two attached hydrogens (primary N) is 1. The van der Waals surface area contributed by atoms with Gasteiger partial charge in [-0.1, -0.05) is 6.07 Å². The Bertz CT molecular complexity index is 303. The molecule has 1 aliphatic rings. The molecule has 0 radical (unpaired) electrons. The van der Waals surface area contributed by atoms with Crippen molar-refractivity contribution in [3.8, 4) is 0 Å². The highest BCUT2D eigenvalue weighted by Gasteiger charge is 2.29. The largest absolute Gasteiger partial charge is 0.390 e. The lowest BCUT2D eigenvalue weighted by Gasteiger charge is -2.13. The Hall–Kier alpha value is -1.13. The Balaban J connectivity index is 2.29. The van der Waals surface area contributed by atoms with E-state index in [0.29, 0.717) is 19.0 Å². The van der Waals surface area contributed by atoms with Gasteiger partial charge in [0.1, 0.15) is 5.82 Å². The van der Waals surface area contributed by atoms with Gasteiger partial charge in [-0.05, 0) is 6.07 Å². The predicted molar refractivity (Wildman–Crippen MR) is 48.2 cm³/mol. The summed E-state index contributed by atoms with van der Waals surface area (Å²) in [4.78, 5) is 3.97. The van der Waals surface area contributed by atoms with E-state index < -0.39 is 6.10 Å². The number of aliphatic hydroxyl groups excluding tert-OH is 1. The van der Waals surface area contributed by atoms with E-state index in [9.17, 15) is 5.11 Å². The number of nitrogen functional groups attached to an aromatic ring is 1. The molecule has 0 amide bonds. The van der Waals surface area contributed by atoms with Crippen LogP contribution >= 0.6 is 0 Å². The molecule has 4 heteroatoms. The van der Waals surface area contributed by atoms with Gasteiger partial charge in [0.15, 0.2) is 0 Å². The molecule has 2 heterocycles. The van der Waals surface area contributed by atoms with Crippen molar-refractivity contribution in [3.05, 3.63) is 23.9 Å². The topological polar surface area (TPSA) is 68.4 Å². The Morgan fingerprint density at radius 1 is 1.54 bits per heavy atom. The number of nitrogens with zero attached hydrogens (tertiary/aromatic N) is 1. The van der Waals surface area contributed by atoms with Gasteiger partial charge in [0.25, 0.3) is 0 Å². The minimum Gasteiger partial charge on any atom is -0.390 e. The number of aliphatic hydroxyl groups is 1. The molecule has 1 saturated heterocycles. The van der Waals surface area contributed by atoms with Crippen molar-refractivity contribution in [2.75, 3.05) is 18.9 Å². The van der Waals surface area contributed by atoms with Crippen LogP contribution in [0.5, 0.6) is 0 Å². The molecule has 70 valence electrons. The number of anilines is 1. The Labute approximate surface area is 76.4 Å². The van der Waals surface area contributed by atoms with Gasteiger partial charge in [-0.2, -0.15) is 0 Å². The highest BCUT2D eigenvalue weighted by molar-refractivity contribution is 5.42. The normalized spacial score (nSPS) is 27.8. The third kappa shape index (κ3) is 1.50. The van der Waals surface area contributed by atoms with Gasteiger partial charge in [-0.25, -0.2) is 4.98 Å². The molecular weight excluding hydrogens is 168 g/mol. The SMILES string of the molecule is Nc1ncccc1[C@@H]1COC[C@H]1O. The molecule has 0 aliphatic carbocycles. The molecule has 0 bridgehead atoms. The summed E-state index contributed by atoms with van der Waals surface area (Å²) in [5.74, 6) is 0.464. The number of pyridine rings is 1. The van der Waals surface area contributed by atoms with Crippen LogP contribution in [0.3, 0.4) is 0 Å². The van der Waals surface area contributed by atoms with Crippen LogP contribution in [0.2, 0.25) is 0 Å². The molecule has 13 heavy (non-hydrogen) atoms. The second kappa shape index (κ2) is 3.32. The van der Waals surface area contributed by atoms with Crippen LogP contribution in [0, 0.1) is 0 Å². The van der Waals surface area contributed by atoms with Crippen LogP contribution in [0.25, 0.3) is 0 Å².